The number of hydrogen-bond donors (Lipinski definition) is 0. The number of fused-ring (bicyclic) bond motifs is 5. The average Bonchev–Trinajstić information content (AvgIpc) is 3.58. The average molecular weight is 704 g/mol. The normalized spacial score (nSPS) is 30.4. The van der Waals surface area contributed by atoms with Crippen molar-refractivity contribution >= 4 is 27.8 Å². The summed E-state index contributed by atoms with van der Waals surface area (Å²) in [6.07, 6.45) is 7.12. The van der Waals surface area contributed by atoms with Crippen LogP contribution in [0.4, 0.5) is 17.1 Å². The van der Waals surface area contributed by atoms with Gasteiger partial charge in [-0.2, -0.15) is 0 Å². The molecule has 1 nitrogen and oxygen atoms in total. The Morgan fingerprint density at radius 2 is 1.25 bits per heavy atom. The highest BCUT2D eigenvalue weighted by molar-refractivity contribution is 5.97. The van der Waals surface area contributed by atoms with E-state index in [1.807, 2.05) is 33.8 Å². The molecule has 0 aromatic heterocycles. The quantitative estimate of drug-likeness (QED) is 0.177. The van der Waals surface area contributed by atoms with Crippen LogP contribution in [0.25, 0.3) is 33.0 Å². The summed E-state index contributed by atoms with van der Waals surface area (Å²) < 4.78 is 129. The van der Waals surface area contributed by atoms with Crippen molar-refractivity contribution < 1.29 is 19.2 Å². The van der Waals surface area contributed by atoms with E-state index in [2.05, 4.69) is 36.4 Å². The Morgan fingerprint density at radius 1 is 0.566 bits per heavy atom. The van der Waals surface area contributed by atoms with Crippen LogP contribution in [0.3, 0.4) is 0 Å². The first kappa shape index (κ1) is 20.7. The molecule has 4 saturated carbocycles. The minimum Gasteiger partial charge on any atom is -0.310 e. The van der Waals surface area contributed by atoms with Crippen LogP contribution < -0.4 is 4.90 Å². The Bertz CT molecular complexity index is 3160. The molecule has 6 aliphatic rings. The van der Waals surface area contributed by atoms with Gasteiger partial charge in [-0.15, -0.1) is 0 Å². The molecule has 0 unspecified atom stereocenters. The molecule has 12 rings (SSSR count). The van der Waals surface area contributed by atoms with Gasteiger partial charge in [-0.1, -0.05) is 124 Å². The highest BCUT2D eigenvalue weighted by atomic mass is 15.1. The molecule has 0 saturated heterocycles. The van der Waals surface area contributed by atoms with Gasteiger partial charge >= 0.3 is 0 Å². The fourth-order valence-electron chi connectivity index (χ4n) is 11.8. The monoisotopic (exact) mass is 703 g/mol. The van der Waals surface area contributed by atoms with Crippen LogP contribution >= 0.6 is 0 Å². The maximum absolute atomic E-state index is 9.99. The zero-order valence-corrected chi connectivity index (χ0v) is 30.7. The third-order valence-electron chi connectivity index (χ3n) is 14.0. The standard InChI is InChI=1S/C52H51N/c1-50(2)25-26-51(3,4)49-46(50)17-10-18-48(49)53(39-21-19-36(20-22-39)42-15-9-12-35-11-5-6-13-41(35)42)40-23-24-44-43-14-7-8-16-45(43)52(47(44)32-40)37-28-33-27-34(30-37)31-38(52)29-33/h5-24,32-34,37-38H,25-31H2,1-4H3/i5D,6D,9D,10D,11D,12D,13D,15D,17D,18D,19D,20D,21D,22D. The maximum atomic E-state index is 9.99. The highest BCUT2D eigenvalue weighted by Crippen LogP contribution is 2.69. The first-order valence-corrected chi connectivity index (χ1v) is 19.4. The van der Waals surface area contributed by atoms with E-state index >= 15 is 0 Å². The molecule has 264 valence electrons. The molecule has 53 heavy (non-hydrogen) atoms. The smallest absolute Gasteiger partial charge is 0.0645 e. The van der Waals surface area contributed by atoms with Crippen molar-refractivity contribution in [2.45, 2.75) is 88.9 Å². The van der Waals surface area contributed by atoms with Crippen molar-refractivity contribution in [2.24, 2.45) is 23.7 Å². The van der Waals surface area contributed by atoms with Crippen molar-refractivity contribution in [3.05, 3.63) is 149 Å². The second-order valence-corrected chi connectivity index (χ2v) is 17.7. The fraction of sp³-hybridized carbons (Fsp3) is 0.346. The molecule has 0 aliphatic heterocycles. The van der Waals surface area contributed by atoms with E-state index < -0.39 is 88.4 Å². The highest BCUT2D eigenvalue weighted by Gasteiger charge is 2.61. The summed E-state index contributed by atoms with van der Waals surface area (Å²) in [6, 6.07) is 7.11. The summed E-state index contributed by atoms with van der Waals surface area (Å²) in [5.41, 5.74) is 3.96. The summed E-state index contributed by atoms with van der Waals surface area (Å²) in [4.78, 5) is 1.62. The Kier molecular flexibility index (Phi) is 4.38. The van der Waals surface area contributed by atoms with Crippen LogP contribution in [0.15, 0.2) is 127 Å². The van der Waals surface area contributed by atoms with Crippen molar-refractivity contribution in [2.75, 3.05) is 4.90 Å². The largest absolute Gasteiger partial charge is 0.310 e. The summed E-state index contributed by atoms with van der Waals surface area (Å²) >= 11 is 0. The predicted molar refractivity (Wildman–Crippen MR) is 223 cm³/mol. The van der Waals surface area contributed by atoms with Crippen LogP contribution in [0.2, 0.25) is 0 Å². The van der Waals surface area contributed by atoms with Gasteiger partial charge in [-0.3, -0.25) is 0 Å². The molecule has 6 aliphatic carbocycles. The molecule has 1 heteroatoms. The first-order chi connectivity index (χ1) is 31.6. The van der Waals surface area contributed by atoms with Gasteiger partial charge in [0, 0.05) is 16.8 Å². The lowest BCUT2D eigenvalue weighted by Gasteiger charge is -2.61. The Hall–Kier alpha value is -4.62. The minimum absolute atomic E-state index is 0.0585. The van der Waals surface area contributed by atoms with Gasteiger partial charge in [0.05, 0.1) is 24.9 Å². The number of rotatable bonds is 4. The third kappa shape index (κ3) is 4.49. The summed E-state index contributed by atoms with van der Waals surface area (Å²) in [5.74, 6) is 2.14. The van der Waals surface area contributed by atoms with Gasteiger partial charge in [-0.25, -0.2) is 0 Å². The topological polar surface area (TPSA) is 3.24 Å². The number of benzene rings is 6. The van der Waals surface area contributed by atoms with Crippen molar-refractivity contribution in [1.82, 2.24) is 0 Å². The molecular formula is C52H51N. The summed E-state index contributed by atoms with van der Waals surface area (Å²) in [7, 11) is 0. The second-order valence-electron chi connectivity index (χ2n) is 17.7. The van der Waals surface area contributed by atoms with Gasteiger partial charge < -0.3 is 4.90 Å². The molecule has 4 bridgehead atoms. The molecule has 4 fully saturated rings. The van der Waals surface area contributed by atoms with Gasteiger partial charge in [0.25, 0.3) is 0 Å². The SMILES string of the molecule is [2H]c1c([2H])c(N(c2ccc3c(c2)C2(c4ccccc4-3)C3CC4CC(C3)CC2C4)c2c([2H])c([2H])c(-c3c([2H])c([2H])c([2H])c4c([2H])c([2H])c([2H])c([2H])c34)c([2H])c2[2H])c2c(c1[2H])C(C)(C)CCC2(C)C. The molecule has 0 N–H and O–H groups in total. The zero-order valence-electron chi connectivity index (χ0n) is 44.7. The lowest BCUT2D eigenvalue weighted by atomic mass is 9.43. The summed E-state index contributed by atoms with van der Waals surface area (Å²) in [6.45, 7) is 8.15. The number of anilines is 3. The Balaban J connectivity index is 1.25. The number of nitrogens with zero attached hydrogens (tertiary/aromatic N) is 1. The molecule has 6 aromatic carbocycles. The Labute approximate surface area is 335 Å². The maximum Gasteiger partial charge on any atom is 0.0645 e. The van der Waals surface area contributed by atoms with E-state index in [1.54, 1.807) is 4.90 Å². The zero-order chi connectivity index (χ0) is 47.9. The lowest BCUT2D eigenvalue weighted by Crippen LogP contribution is -2.55. The predicted octanol–water partition coefficient (Wildman–Crippen LogP) is 14.0. The van der Waals surface area contributed by atoms with Crippen LogP contribution in [0.5, 0.6) is 0 Å². The summed E-state index contributed by atoms with van der Waals surface area (Å²) in [5, 5.41) is -0.714. The fourth-order valence-corrected chi connectivity index (χ4v) is 11.8. The van der Waals surface area contributed by atoms with E-state index in [0.717, 1.165) is 36.8 Å². The van der Waals surface area contributed by atoms with Crippen molar-refractivity contribution in [1.29, 1.82) is 0 Å². The van der Waals surface area contributed by atoms with E-state index in [9.17, 15) is 9.60 Å². The van der Waals surface area contributed by atoms with Crippen molar-refractivity contribution in [3.8, 4) is 22.3 Å². The van der Waals surface area contributed by atoms with E-state index in [0.29, 0.717) is 53.3 Å². The van der Waals surface area contributed by atoms with Crippen LogP contribution in [-0.2, 0) is 16.2 Å². The molecule has 0 heterocycles. The second kappa shape index (κ2) is 11.2. The van der Waals surface area contributed by atoms with Gasteiger partial charge in [0.1, 0.15) is 0 Å². The molecule has 0 radical (unpaired) electrons. The first-order valence-electron chi connectivity index (χ1n) is 26.4. The minimum atomic E-state index is -0.693. The van der Waals surface area contributed by atoms with Crippen LogP contribution in [-0.4, -0.2) is 0 Å². The Morgan fingerprint density at radius 3 is 2.04 bits per heavy atom. The van der Waals surface area contributed by atoms with Gasteiger partial charge in [0.2, 0.25) is 0 Å². The molecule has 6 aromatic rings. The molecular weight excluding hydrogens is 639 g/mol. The van der Waals surface area contributed by atoms with Gasteiger partial charge in [-0.05, 0) is 165 Å². The van der Waals surface area contributed by atoms with Gasteiger partial charge in [0.15, 0.2) is 0 Å². The number of hydrogen-bond acceptors (Lipinski definition) is 1. The van der Waals surface area contributed by atoms with E-state index in [1.165, 1.54) is 17.5 Å². The molecule has 0 amide bonds. The van der Waals surface area contributed by atoms with Crippen molar-refractivity contribution in [3.63, 3.8) is 0 Å². The van der Waals surface area contributed by atoms with E-state index in [4.69, 9.17) is 9.60 Å². The van der Waals surface area contributed by atoms with E-state index in [-0.39, 0.29) is 45.7 Å². The molecule has 0 atom stereocenters. The molecule has 1 spiro atoms. The van der Waals surface area contributed by atoms with Crippen LogP contribution in [0.1, 0.15) is 114 Å². The third-order valence-corrected chi connectivity index (χ3v) is 14.0. The lowest BCUT2D eigenvalue weighted by molar-refractivity contribution is -0.0399. The van der Waals surface area contributed by atoms with Crippen LogP contribution in [0, 0.1) is 23.7 Å².